The molecular formula is C32H35N7S. The fraction of sp³-hybridized carbons (Fsp3) is 0.281. The Kier molecular flexibility index (Phi) is 7.77. The van der Waals surface area contributed by atoms with E-state index in [1.807, 2.05) is 18.2 Å². The van der Waals surface area contributed by atoms with Gasteiger partial charge in [-0.3, -0.25) is 0 Å². The Bertz CT molecular complexity index is 1440. The van der Waals surface area contributed by atoms with Crippen molar-refractivity contribution in [1.29, 1.82) is 0 Å². The lowest BCUT2D eigenvalue weighted by Crippen LogP contribution is -2.47. The summed E-state index contributed by atoms with van der Waals surface area (Å²) in [5.74, 6) is 2.37. The molecule has 1 atom stereocenters. The number of nitrogens with one attached hydrogen (secondary N) is 2. The molecule has 2 aliphatic rings. The second-order valence-electron chi connectivity index (χ2n) is 10.4. The van der Waals surface area contributed by atoms with Crippen LogP contribution in [0.15, 0.2) is 91.0 Å². The van der Waals surface area contributed by atoms with Gasteiger partial charge in [-0.2, -0.15) is 9.97 Å². The van der Waals surface area contributed by atoms with Crippen molar-refractivity contribution in [3.05, 3.63) is 108 Å². The highest BCUT2D eigenvalue weighted by molar-refractivity contribution is 7.80. The zero-order chi connectivity index (χ0) is 27.3. The monoisotopic (exact) mass is 549 g/mol. The van der Waals surface area contributed by atoms with Crippen LogP contribution in [0, 0.1) is 0 Å². The molecule has 3 aromatic carbocycles. The molecule has 4 aromatic rings. The van der Waals surface area contributed by atoms with Gasteiger partial charge in [0.1, 0.15) is 11.6 Å². The molecule has 204 valence electrons. The van der Waals surface area contributed by atoms with Crippen LogP contribution in [0.25, 0.3) is 0 Å². The molecular weight excluding hydrogens is 514 g/mol. The fourth-order valence-corrected chi connectivity index (χ4v) is 5.75. The standard InChI is InChI=1S/C32H35N7S/c1-24(25-10-4-2-5-11-25)33-32(40)36-31-34-29(38-20-18-37(19-21-38)28-14-6-3-7-15-28)22-30(35-31)39-17-16-26-12-8-9-13-27(26)23-39/h2-15,22,24H,16-21,23H2,1H3,(H2,33,34,35,36,40)/t24-/m0/s1. The second kappa shape index (κ2) is 11.9. The maximum absolute atomic E-state index is 5.70. The number of hydrogen-bond donors (Lipinski definition) is 2. The van der Waals surface area contributed by atoms with Gasteiger partial charge in [-0.25, -0.2) is 0 Å². The van der Waals surface area contributed by atoms with Crippen LogP contribution in [0.3, 0.4) is 0 Å². The van der Waals surface area contributed by atoms with Crippen LogP contribution in [0.2, 0.25) is 0 Å². The highest BCUT2D eigenvalue weighted by atomic mass is 32.1. The maximum Gasteiger partial charge on any atom is 0.232 e. The molecule has 0 amide bonds. The van der Waals surface area contributed by atoms with Crippen LogP contribution in [0.4, 0.5) is 23.3 Å². The molecule has 1 saturated heterocycles. The van der Waals surface area contributed by atoms with Gasteiger partial charge in [-0.05, 0) is 54.4 Å². The predicted octanol–water partition coefficient (Wildman–Crippen LogP) is 5.41. The van der Waals surface area contributed by atoms with Crippen LogP contribution in [-0.4, -0.2) is 47.8 Å². The Labute approximate surface area is 241 Å². The first-order valence-corrected chi connectivity index (χ1v) is 14.4. The summed E-state index contributed by atoms with van der Waals surface area (Å²) in [5, 5.41) is 7.19. The molecule has 0 saturated carbocycles. The normalized spacial score (nSPS) is 15.8. The Morgan fingerprint density at radius 1 is 0.725 bits per heavy atom. The van der Waals surface area contributed by atoms with Crippen LogP contribution in [-0.2, 0) is 13.0 Å². The summed E-state index contributed by atoms with van der Waals surface area (Å²) in [6.45, 7) is 7.52. The number of fused-ring (bicyclic) bond motifs is 1. The molecule has 1 fully saturated rings. The molecule has 3 heterocycles. The van der Waals surface area contributed by atoms with Crippen LogP contribution >= 0.6 is 12.2 Å². The number of benzene rings is 3. The highest BCUT2D eigenvalue weighted by Crippen LogP contribution is 2.28. The smallest absolute Gasteiger partial charge is 0.232 e. The van der Waals surface area contributed by atoms with Gasteiger partial charge in [-0.1, -0.05) is 72.8 Å². The van der Waals surface area contributed by atoms with E-state index < -0.39 is 0 Å². The number of rotatable bonds is 6. The van der Waals surface area contributed by atoms with E-state index in [2.05, 4.69) is 105 Å². The number of aromatic nitrogens is 2. The van der Waals surface area contributed by atoms with Gasteiger partial charge >= 0.3 is 0 Å². The molecule has 0 aliphatic carbocycles. The fourth-order valence-electron chi connectivity index (χ4n) is 5.49. The number of nitrogens with zero attached hydrogens (tertiary/aromatic N) is 5. The number of para-hydroxylation sites is 1. The first-order valence-electron chi connectivity index (χ1n) is 14.0. The summed E-state index contributed by atoms with van der Waals surface area (Å²) < 4.78 is 0. The van der Waals surface area contributed by atoms with Gasteiger partial charge in [0.15, 0.2) is 5.11 Å². The van der Waals surface area contributed by atoms with Crippen LogP contribution in [0.5, 0.6) is 0 Å². The van der Waals surface area contributed by atoms with E-state index in [-0.39, 0.29) is 6.04 Å². The van der Waals surface area contributed by atoms with E-state index in [4.69, 9.17) is 22.2 Å². The molecule has 6 rings (SSSR count). The van der Waals surface area contributed by atoms with E-state index in [1.165, 1.54) is 22.4 Å². The number of piperazine rings is 1. The van der Waals surface area contributed by atoms with E-state index in [9.17, 15) is 0 Å². The van der Waals surface area contributed by atoms with Gasteiger partial charge < -0.3 is 25.3 Å². The number of anilines is 4. The third-order valence-electron chi connectivity index (χ3n) is 7.75. The Morgan fingerprint density at radius 2 is 1.32 bits per heavy atom. The van der Waals surface area contributed by atoms with Gasteiger partial charge in [0, 0.05) is 51.0 Å². The molecule has 0 unspecified atom stereocenters. The average Bonchev–Trinajstić information content (AvgIpc) is 3.01. The summed E-state index contributed by atoms with van der Waals surface area (Å²) in [6, 6.07) is 31.8. The Balaban J connectivity index is 1.22. The van der Waals surface area contributed by atoms with Crippen molar-refractivity contribution in [3.8, 4) is 0 Å². The number of thiocarbonyl (C=S) groups is 1. The molecule has 8 heteroatoms. The second-order valence-corrected chi connectivity index (χ2v) is 10.8. The minimum atomic E-state index is 0.0634. The Morgan fingerprint density at radius 3 is 2.05 bits per heavy atom. The van der Waals surface area contributed by atoms with Crippen molar-refractivity contribution in [2.45, 2.75) is 25.9 Å². The van der Waals surface area contributed by atoms with Gasteiger partial charge in [-0.15, -0.1) is 0 Å². The van der Waals surface area contributed by atoms with Crippen molar-refractivity contribution in [2.24, 2.45) is 0 Å². The lowest BCUT2D eigenvalue weighted by atomic mass is 10.00. The zero-order valence-electron chi connectivity index (χ0n) is 22.8. The maximum atomic E-state index is 5.70. The molecule has 2 N–H and O–H groups in total. The third kappa shape index (κ3) is 6.02. The zero-order valence-corrected chi connectivity index (χ0v) is 23.6. The van der Waals surface area contributed by atoms with Crippen molar-refractivity contribution in [2.75, 3.05) is 52.7 Å². The van der Waals surface area contributed by atoms with Crippen molar-refractivity contribution in [1.82, 2.24) is 15.3 Å². The summed E-state index contributed by atoms with van der Waals surface area (Å²) in [6.07, 6.45) is 1.00. The summed E-state index contributed by atoms with van der Waals surface area (Å²) in [4.78, 5) is 17.0. The van der Waals surface area contributed by atoms with Gasteiger partial charge in [0.25, 0.3) is 0 Å². The van der Waals surface area contributed by atoms with Gasteiger partial charge in [0.2, 0.25) is 5.95 Å². The SMILES string of the molecule is C[C@H](NC(=S)Nc1nc(N2CCN(c3ccccc3)CC2)cc(N2CCc3ccccc3C2)n1)c1ccccc1. The molecule has 0 bridgehead atoms. The molecule has 2 aliphatic heterocycles. The molecule has 0 spiro atoms. The summed E-state index contributed by atoms with van der Waals surface area (Å²) in [5.41, 5.74) is 5.21. The predicted molar refractivity (Wildman–Crippen MR) is 168 cm³/mol. The molecule has 7 nitrogen and oxygen atoms in total. The summed E-state index contributed by atoms with van der Waals surface area (Å²) >= 11 is 5.70. The topological polar surface area (TPSA) is 59.6 Å². The van der Waals surface area contributed by atoms with E-state index in [0.717, 1.165) is 57.3 Å². The first-order chi connectivity index (χ1) is 19.6. The minimum absolute atomic E-state index is 0.0634. The van der Waals surface area contributed by atoms with Crippen molar-refractivity contribution < 1.29 is 0 Å². The van der Waals surface area contributed by atoms with Crippen LogP contribution < -0.4 is 25.3 Å². The Hall–Kier alpha value is -4.17. The molecule has 1 aromatic heterocycles. The molecule has 40 heavy (non-hydrogen) atoms. The largest absolute Gasteiger partial charge is 0.368 e. The minimum Gasteiger partial charge on any atom is -0.368 e. The van der Waals surface area contributed by atoms with E-state index >= 15 is 0 Å². The van der Waals surface area contributed by atoms with E-state index in [1.54, 1.807) is 0 Å². The lowest BCUT2D eigenvalue weighted by Gasteiger charge is -2.37. The molecule has 0 radical (unpaired) electrons. The average molecular weight is 550 g/mol. The third-order valence-corrected chi connectivity index (χ3v) is 7.97. The van der Waals surface area contributed by atoms with E-state index in [0.29, 0.717) is 11.1 Å². The van der Waals surface area contributed by atoms with Crippen molar-refractivity contribution >= 4 is 40.6 Å². The first kappa shape index (κ1) is 26.1. The highest BCUT2D eigenvalue weighted by Gasteiger charge is 2.23. The lowest BCUT2D eigenvalue weighted by molar-refractivity contribution is 0.646. The van der Waals surface area contributed by atoms with Crippen molar-refractivity contribution in [3.63, 3.8) is 0 Å². The summed E-state index contributed by atoms with van der Waals surface area (Å²) in [7, 11) is 0. The van der Waals surface area contributed by atoms with Gasteiger partial charge in [0.05, 0.1) is 6.04 Å². The van der Waals surface area contributed by atoms with Crippen LogP contribution in [0.1, 0.15) is 29.7 Å². The quantitative estimate of drug-likeness (QED) is 0.310. The number of hydrogen-bond acceptors (Lipinski definition) is 6.